The standard InChI is InChI=1S/C8H5Br2F2NO/c9-3-1-4(11)6(5(12)2-3)7(10)8(13)14/h1-2,7H,(H2,13,14)/t7-/m0/s1. The molecule has 0 bridgehead atoms. The van der Waals surface area contributed by atoms with Crippen LogP contribution in [0.4, 0.5) is 8.78 Å². The van der Waals surface area contributed by atoms with Crippen molar-refractivity contribution in [3.8, 4) is 0 Å². The SMILES string of the molecule is NC(=O)[C@@H](Br)c1c(F)cc(Br)cc1F. The molecule has 1 rings (SSSR count). The number of halogens is 4. The van der Waals surface area contributed by atoms with E-state index in [0.29, 0.717) is 0 Å². The van der Waals surface area contributed by atoms with Crippen molar-refractivity contribution >= 4 is 37.8 Å². The highest BCUT2D eigenvalue weighted by molar-refractivity contribution is 9.10. The van der Waals surface area contributed by atoms with Gasteiger partial charge in [0.2, 0.25) is 5.91 Å². The van der Waals surface area contributed by atoms with Crippen LogP contribution >= 0.6 is 31.9 Å². The van der Waals surface area contributed by atoms with Crippen molar-refractivity contribution < 1.29 is 13.6 Å². The first-order chi connectivity index (χ1) is 6.43. The lowest BCUT2D eigenvalue weighted by atomic mass is 10.1. The third-order valence-corrected chi connectivity index (χ3v) is 2.91. The van der Waals surface area contributed by atoms with Crippen molar-refractivity contribution in [2.45, 2.75) is 4.83 Å². The fourth-order valence-electron chi connectivity index (χ4n) is 0.938. The van der Waals surface area contributed by atoms with Gasteiger partial charge < -0.3 is 5.73 Å². The summed E-state index contributed by atoms with van der Waals surface area (Å²) in [5.41, 5.74) is 4.54. The van der Waals surface area contributed by atoms with Crippen molar-refractivity contribution in [3.63, 3.8) is 0 Å². The average Bonchev–Trinajstić information content (AvgIpc) is 2.01. The van der Waals surface area contributed by atoms with Crippen LogP contribution in [0.25, 0.3) is 0 Å². The maximum atomic E-state index is 13.2. The Morgan fingerprint density at radius 2 is 1.79 bits per heavy atom. The Balaban J connectivity index is 3.27. The molecule has 0 spiro atoms. The summed E-state index contributed by atoms with van der Waals surface area (Å²) in [5, 5.41) is 0. The maximum Gasteiger partial charge on any atom is 0.235 e. The molecule has 0 aromatic heterocycles. The Bertz CT molecular complexity index is 361. The largest absolute Gasteiger partial charge is 0.368 e. The molecule has 1 atom stereocenters. The molecular formula is C8H5Br2F2NO. The van der Waals surface area contributed by atoms with Crippen LogP contribution in [0.3, 0.4) is 0 Å². The molecule has 0 heterocycles. The topological polar surface area (TPSA) is 43.1 Å². The molecule has 2 nitrogen and oxygen atoms in total. The Morgan fingerprint density at radius 3 is 2.14 bits per heavy atom. The van der Waals surface area contributed by atoms with Gasteiger partial charge in [-0.25, -0.2) is 8.78 Å². The molecule has 1 amide bonds. The quantitative estimate of drug-likeness (QED) is 0.833. The Labute approximate surface area is 95.7 Å². The lowest BCUT2D eigenvalue weighted by Crippen LogP contribution is -2.18. The van der Waals surface area contributed by atoms with Gasteiger partial charge in [-0.2, -0.15) is 0 Å². The van der Waals surface area contributed by atoms with E-state index in [0.717, 1.165) is 12.1 Å². The fourth-order valence-corrected chi connectivity index (χ4v) is 1.78. The third-order valence-electron chi connectivity index (χ3n) is 1.55. The van der Waals surface area contributed by atoms with Crippen LogP contribution in [-0.4, -0.2) is 5.91 Å². The highest BCUT2D eigenvalue weighted by Gasteiger charge is 2.22. The summed E-state index contributed by atoms with van der Waals surface area (Å²) in [4.78, 5) is 9.56. The van der Waals surface area contributed by atoms with Crippen molar-refractivity contribution in [1.29, 1.82) is 0 Å². The summed E-state index contributed by atoms with van der Waals surface area (Å²) >= 11 is 5.73. The summed E-state index contributed by atoms with van der Waals surface area (Å²) < 4.78 is 26.7. The molecule has 14 heavy (non-hydrogen) atoms. The molecular weight excluding hydrogens is 324 g/mol. The number of primary amides is 1. The first-order valence-electron chi connectivity index (χ1n) is 3.51. The molecule has 1 aromatic carbocycles. The summed E-state index contributed by atoms with van der Waals surface area (Å²) in [5.74, 6) is -2.49. The molecule has 1 aromatic rings. The van der Waals surface area contributed by atoms with E-state index < -0.39 is 22.4 Å². The molecule has 76 valence electrons. The van der Waals surface area contributed by atoms with E-state index in [1.807, 2.05) is 0 Å². The van der Waals surface area contributed by atoms with Crippen LogP contribution in [0.5, 0.6) is 0 Å². The van der Waals surface area contributed by atoms with Crippen molar-refractivity contribution in [2.24, 2.45) is 5.73 Å². The van der Waals surface area contributed by atoms with Gasteiger partial charge in [0.1, 0.15) is 16.5 Å². The Morgan fingerprint density at radius 1 is 1.36 bits per heavy atom. The van der Waals surface area contributed by atoms with E-state index in [4.69, 9.17) is 5.73 Å². The smallest absolute Gasteiger partial charge is 0.235 e. The predicted octanol–water partition coefficient (Wildman–Crippen LogP) is 2.65. The predicted molar refractivity (Wildman–Crippen MR) is 54.9 cm³/mol. The monoisotopic (exact) mass is 327 g/mol. The maximum absolute atomic E-state index is 13.2. The third kappa shape index (κ3) is 2.30. The first-order valence-corrected chi connectivity index (χ1v) is 5.22. The number of hydrogen-bond donors (Lipinski definition) is 1. The van der Waals surface area contributed by atoms with Gasteiger partial charge >= 0.3 is 0 Å². The summed E-state index contributed by atoms with van der Waals surface area (Å²) in [6.07, 6.45) is 0. The summed E-state index contributed by atoms with van der Waals surface area (Å²) in [6, 6.07) is 2.13. The van der Waals surface area contributed by atoms with Gasteiger partial charge in [-0.15, -0.1) is 0 Å². The normalized spacial score (nSPS) is 12.6. The van der Waals surface area contributed by atoms with Crippen LogP contribution in [0.2, 0.25) is 0 Å². The van der Waals surface area contributed by atoms with Crippen molar-refractivity contribution in [2.75, 3.05) is 0 Å². The number of alkyl halides is 1. The highest BCUT2D eigenvalue weighted by atomic mass is 79.9. The number of hydrogen-bond acceptors (Lipinski definition) is 1. The van der Waals surface area contributed by atoms with Crippen molar-refractivity contribution in [3.05, 3.63) is 33.8 Å². The second kappa shape index (κ2) is 4.35. The number of carbonyl (C=O) groups is 1. The van der Waals surface area contributed by atoms with E-state index >= 15 is 0 Å². The number of nitrogens with two attached hydrogens (primary N) is 1. The minimum atomic E-state index is -1.16. The summed E-state index contributed by atoms with van der Waals surface area (Å²) in [6.45, 7) is 0. The first kappa shape index (κ1) is 11.6. The number of carbonyl (C=O) groups excluding carboxylic acids is 1. The lowest BCUT2D eigenvalue weighted by Gasteiger charge is -2.08. The average molecular weight is 329 g/mol. The summed E-state index contributed by atoms with van der Waals surface area (Å²) in [7, 11) is 0. The Hall–Kier alpha value is -0.490. The molecule has 0 saturated heterocycles. The molecule has 2 N–H and O–H groups in total. The number of benzene rings is 1. The fraction of sp³-hybridized carbons (Fsp3) is 0.125. The zero-order valence-electron chi connectivity index (χ0n) is 6.73. The molecule has 0 aliphatic carbocycles. The molecule has 6 heteroatoms. The van der Waals surface area contributed by atoms with Gasteiger partial charge in [0.25, 0.3) is 0 Å². The minimum absolute atomic E-state index is 0.264. The van der Waals surface area contributed by atoms with E-state index in [1.54, 1.807) is 0 Å². The van der Waals surface area contributed by atoms with Gasteiger partial charge in [0, 0.05) is 10.0 Å². The molecule has 0 radical (unpaired) electrons. The van der Waals surface area contributed by atoms with E-state index in [-0.39, 0.29) is 10.0 Å². The van der Waals surface area contributed by atoms with Gasteiger partial charge in [-0.05, 0) is 12.1 Å². The molecule has 0 aliphatic heterocycles. The molecule has 0 aliphatic rings. The van der Waals surface area contributed by atoms with Gasteiger partial charge in [-0.3, -0.25) is 4.79 Å². The molecule has 0 fully saturated rings. The van der Waals surface area contributed by atoms with Crippen LogP contribution in [0.1, 0.15) is 10.4 Å². The Kier molecular flexibility index (Phi) is 3.60. The van der Waals surface area contributed by atoms with Crippen molar-refractivity contribution in [1.82, 2.24) is 0 Å². The zero-order chi connectivity index (χ0) is 10.9. The number of amides is 1. The van der Waals surface area contributed by atoms with E-state index in [2.05, 4.69) is 31.9 Å². The number of rotatable bonds is 2. The lowest BCUT2D eigenvalue weighted by molar-refractivity contribution is -0.117. The second-order valence-corrected chi connectivity index (χ2v) is 4.38. The van der Waals surface area contributed by atoms with E-state index in [9.17, 15) is 13.6 Å². The highest BCUT2D eigenvalue weighted by Crippen LogP contribution is 2.29. The second-order valence-electron chi connectivity index (χ2n) is 2.55. The van der Waals surface area contributed by atoms with Crippen LogP contribution in [-0.2, 0) is 4.79 Å². The zero-order valence-corrected chi connectivity index (χ0v) is 9.90. The molecule has 0 unspecified atom stereocenters. The van der Waals surface area contributed by atoms with Crippen LogP contribution in [0, 0.1) is 11.6 Å². The van der Waals surface area contributed by atoms with Gasteiger partial charge in [-0.1, -0.05) is 31.9 Å². The van der Waals surface area contributed by atoms with Crippen LogP contribution in [0.15, 0.2) is 16.6 Å². The molecule has 0 saturated carbocycles. The van der Waals surface area contributed by atoms with E-state index in [1.165, 1.54) is 0 Å². The van der Waals surface area contributed by atoms with Crippen LogP contribution < -0.4 is 5.73 Å². The van der Waals surface area contributed by atoms with Gasteiger partial charge in [0.05, 0.1) is 0 Å². The van der Waals surface area contributed by atoms with Gasteiger partial charge in [0.15, 0.2) is 0 Å². The minimum Gasteiger partial charge on any atom is -0.368 e.